The van der Waals surface area contributed by atoms with Crippen LogP contribution in [0.5, 0.6) is 5.75 Å². The first-order valence-electron chi connectivity index (χ1n) is 8.65. The van der Waals surface area contributed by atoms with Gasteiger partial charge in [-0.25, -0.2) is 0 Å². The highest BCUT2D eigenvalue weighted by Crippen LogP contribution is 2.24. The molecule has 1 aromatic rings. The van der Waals surface area contributed by atoms with Gasteiger partial charge in [-0.05, 0) is 57.1 Å². The Kier molecular flexibility index (Phi) is 7.84. The Hall–Kier alpha value is -1.67. The molecular weight excluding hydrogens is 420 g/mol. The molecule has 0 spiro atoms. The van der Waals surface area contributed by atoms with E-state index >= 15 is 0 Å². The van der Waals surface area contributed by atoms with Crippen LogP contribution in [0.1, 0.15) is 37.0 Å². The van der Waals surface area contributed by atoms with Gasteiger partial charge in [0.25, 0.3) is 5.91 Å². The maximum Gasteiger partial charge on any atom is 0.309 e. The number of carbonyl (C=O) groups excluding carboxylic acids is 2. The van der Waals surface area contributed by atoms with Gasteiger partial charge in [0.15, 0.2) is 5.11 Å². The van der Waals surface area contributed by atoms with E-state index in [1.165, 1.54) is 0 Å². The molecule has 142 valence electrons. The smallest absolute Gasteiger partial charge is 0.309 e. The average molecular weight is 443 g/mol. The summed E-state index contributed by atoms with van der Waals surface area (Å²) in [4.78, 5) is 26.3. The standard InChI is InChI=1S/C18H23BrN2O4S/c1-3-24-15-6-5-13(19)11-14(15)16(22)20-18(26)21-9-7-12(8-10-21)17(23)25-4-2/h5-6,11-12H,3-4,7-10H2,1-2H3,(H,20,22,26). The van der Waals surface area contributed by atoms with Gasteiger partial charge in [0.1, 0.15) is 5.75 Å². The highest BCUT2D eigenvalue weighted by atomic mass is 79.9. The van der Waals surface area contributed by atoms with Crippen molar-refractivity contribution in [3.8, 4) is 5.75 Å². The van der Waals surface area contributed by atoms with Crippen LogP contribution >= 0.6 is 28.1 Å². The highest BCUT2D eigenvalue weighted by Gasteiger charge is 2.27. The lowest BCUT2D eigenvalue weighted by Gasteiger charge is -2.32. The lowest BCUT2D eigenvalue weighted by atomic mass is 9.97. The van der Waals surface area contributed by atoms with E-state index in [9.17, 15) is 9.59 Å². The molecule has 2 rings (SSSR count). The number of carbonyl (C=O) groups is 2. The van der Waals surface area contributed by atoms with E-state index in [1.807, 2.05) is 17.9 Å². The van der Waals surface area contributed by atoms with Crippen molar-refractivity contribution in [1.82, 2.24) is 10.2 Å². The van der Waals surface area contributed by atoms with E-state index in [1.54, 1.807) is 19.1 Å². The Morgan fingerprint density at radius 2 is 1.96 bits per heavy atom. The normalized spacial score (nSPS) is 14.7. The molecular formula is C18H23BrN2O4S. The van der Waals surface area contributed by atoms with E-state index in [2.05, 4.69) is 21.2 Å². The minimum atomic E-state index is -0.313. The summed E-state index contributed by atoms with van der Waals surface area (Å²) in [5.74, 6) is -0.0544. The van der Waals surface area contributed by atoms with Crippen LogP contribution in [0.2, 0.25) is 0 Å². The molecule has 8 heteroatoms. The Morgan fingerprint density at radius 3 is 2.58 bits per heavy atom. The molecule has 1 aliphatic heterocycles. The number of nitrogens with zero attached hydrogens (tertiary/aromatic N) is 1. The molecule has 1 aromatic carbocycles. The van der Waals surface area contributed by atoms with Gasteiger partial charge in [-0.3, -0.25) is 14.9 Å². The van der Waals surface area contributed by atoms with Crippen molar-refractivity contribution in [2.75, 3.05) is 26.3 Å². The summed E-state index contributed by atoms with van der Waals surface area (Å²) in [6, 6.07) is 5.27. The maximum atomic E-state index is 12.6. The first-order valence-corrected chi connectivity index (χ1v) is 9.85. The quantitative estimate of drug-likeness (QED) is 0.557. The number of benzene rings is 1. The van der Waals surface area contributed by atoms with Crippen molar-refractivity contribution >= 4 is 45.1 Å². The zero-order valence-electron chi connectivity index (χ0n) is 14.9. The zero-order valence-corrected chi connectivity index (χ0v) is 17.3. The van der Waals surface area contributed by atoms with Crippen LogP contribution < -0.4 is 10.1 Å². The third-order valence-corrected chi connectivity index (χ3v) is 4.96. The highest BCUT2D eigenvalue weighted by molar-refractivity contribution is 9.10. The molecule has 1 amide bonds. The Morgan fingerprint density at radius 1 is 1.27 bits per heavy atom. The second kappa shape index (κ2) is 9.87. The predicted molar refractivity (Wildman–Crippen MR) is 106 cm³/mol. The topological polar surface area (TPSA) is 67.9 Å². The molecule has 0 atom stereocenters. The van der Waals surface area contributed by atoms with Crippen molar-refractivity contribution in [3.05, 3.63) is 28.2 Å². The van der Waals surface area contributed by atoms with Crippen molar-refractivity contribution in [1.29, 1.82) is 0 Å². The van der Waals surface area contributed by atoms with E-state index in [0.29, 0.717) is 55.6 Å². The number of likely N-dealkylation sites (tertiary alicyclic amines) is 1. The van der Waals surface area contributed by atoms with Gasteiger partial charge in [-0.15, -0.1) is 0 Å². The fraction of sp³-hybridized carbons (Fsp3) is 0.500. The first-order chi connectivity index (χ1) is 12.5. The fourth-order valence-electron chi connectivity index (χ4n) is 2.78. The first kappa shape index (κ1) is 20.6. The van der Waals surface area contributed by atoms with E-state index in [0.717, 1.165) is 4.47 Å². The van der Waals surface area contributed by atoms with Crippen LogP contribution in [0.4, 0.5) is 0 Å². The Bertz CT molecular complexity index is 675. The maximum absolute atomic E-state index is 12.6. The number of amides is 1. The number of ether oxygens (including phenoxy) is 2. The number of nitrogens with one attached hydrogen (secondary N) is 1. The van der Waals surface area contributed by atoms with Crippen molar-refractivity contribution in [2.45, 2.75) is 26.7 Å². The molecule has 0 bridgehead atoms. The fourth-order valence-corrected chi connectivity index (χ4v) is 3.42. The average Bonchev–Trinajstić information content (AvgIpc) is 2.63. The van der Waals surface area contributed by atoms with Gasteiger partial charge in [0, 0.05) is 17.6 Å². The summed E-state index contributed by atoms with van der Waals surface area (Å²) < 4.78 is 11.4. The number of halogens is 1. The number of hydrogen-bond acceptors (Lipinski definition) is 5. The minimum absolute atomic E-state index is 0.0978. The van der Waals surface area contributed by atoms with Gasteiger partial charge in [0.05, 0.1) is 24.7 Å². The number of esters is 1. The molecule has 1 fully saturated rings. The summed E-state index contributed by atoms with van der Waals surface area (Å²) in [5.41, 5.74) is 0.421. The van der Waals surface area contributed by atoms with Gasteiger partial charge < -0.3 is 14.4 Å². The van der Waals surface area contributed by atoms with E-state index in [-0.39, 0.29) is 17.8 Å². The zero-order chi connectivity index (χ0) is 19.1. The molecule has 0 aromatic heterocycles. The molecule has 0 unspecified atom stereocenters. The lowest BCUT2D eigenvalue weighted by Crippen LogP contribution is -2.47. The lowest BCUT2D eigenvalue weighted by molar-refractivity contribution is -0.149. The second-order valence-electron chi connectivity index (χ2n) is 5.85. The molecule has 6 nitrogen and oxygen atoms in total. The van der Waals surface area contributed by atoms with Crippen LogP contribution in [0.15, 0.2) is 22.7 Å². The third kappa shape index (κ3) is 5.41. The summed E-state index contributed by atoms with van der Waals surface area (Å²) in [6.07, 6.45) is 1.33. The second-order valence-corrected chi connectivity index (χ2v) is 7.15. The third-order valence-electron chi connectivity index (χ3n) is 4.11. The van der Waals surface area contributed by atoms with Crippen molar-refractivity contribution in [3.63, 3.8) is 0 Å². The molecule has 26 heavy (non-hydrogen) atoms. The summed E-state index contributed by atoms with van der Waals surface area (Å²) >= 11 is 8.74. The molecule has 0 saturated carbocycles. The van der Waals surface area contributed by atoms with Gasteiger partial charge in [-0.2, -0.15) is 0 Å². The van der Waals surface area contributed by atoms with E-state index < -0.39 is 0 Å². The minimum Gasteiger partial charge on any atom is -0.493 e. The molecule has 1 saturated heterocycles. The van der Waals surface area contributed by atoms with E-state index in [4.69, 9.17) is 21.7 Å². The summed E-state index contributed by atoms with van der Waals surface area (Å²) in [7, 11) is 0. The van der Waals surface area contributed by atoms with Crippen LogP contribution in [-0.4, -0.2) is 48.2 Å². The summed E-state index contributed by atoms with van der Waals surface area (Å²) in [6.45, 7) is 5.74. The molecule has 0 radical (unpaired) electrons. The number of hydrogen-bond donors (Lipinski definition) is 1. The van der Waals surface area contributed by atoms with Crippen LogP contribution in [0.25, 0.3) is 0 Å². The van der Waals surface area contributed by atoms with Crippen LogP contribution in [0.3, 0.4) is 0 Å². The predicted octanol–water partition coefficient (Wildman–Crippen LogP) is 3.14. The number of rotatable bonds is 5. The summed E-state index contributed by atoms with van der Waals surface area (Å²) in [5, 5.41) is 3.12. The van der Waals surface area contributed by atoms with Crippen molar-refractivity contribution in [2.24, 2.45) is 5.92 Å². The van der Waals surface area contributed by atoms with Gasteiger partial charge >= 0.3 is 5.97 Å². The van der Waals surface area contributed by atoms with Crippen LogP contribution in [-0.2, 0) is 9.53 Å². The number of thiocarbonyl (C=S) groups is 1. The molecule has 1 aliphatic rings. The van der Waals surface area contributed by atoms with Gasteiger partial charge in [0.2, 0.25) is 0 Å². The van der Waals surface area contributed by atoms with Crippen molar-refractivity contribution < 1.29 is 19.1 Å². The van der Waals surface area contributed by atoms with Crippen LogP contribution in [0, 0.1) is 5.92 Å². The molecule has 0 aliphatic carbocycles. The van der Waals surface area contributed by atoms with Gasteiger partial charge in [-0.1, -0.05) is 15.9 Å². The SMILES string of the molecule is CCOC(=O)C1CCN(C(=S)NC(=O)c2cc(Br)ccc2OCC)CC1. The number of piperidine rings is 1. The Balaban J connectivity index is 1.95. The molecule has 1 heterocycles. The monoisotopic (exact) mass is 442 g/mol. The molecule has 1 N–H and O–H groups in total. The largest absolute Gasteiger partial charge is 0.493 e. The Labute approximate surface area is 167 Å².